The number of carboxylic acid groups (broad SMARTS) is 1. The van der Waals surface area contributed by atoms with Gasteiger partial charge in [-0.15, -0.1) is 0 Å². The highest BCUT2D eigenvalue weighted by atomic mass is 16.4. The van der Waals surface area contributed by atoms with Crippen LogP contribution in [0.1, 0.15) is 43.0 Å². The van der Waals surface area contributed by atoms with Crippen molar-refractivity contribution in [2.24, 2.45) is 0 Å². The highest BCUT2D eigenvalue weighted by molar-refractivity contribution is 5.94. The maximum atomic E-state index is 11.6. The van der Waals surface area contributed by atoms with Gasteiger partial charge in [-0.1, -0.05) is 6.42 Å². The van der Waals surface area contributed by atoms with Crippen molar-refractivity contribution in [3.05, 3.63) is 29.8 Å². The van der Waals surface area contributed by atoms with E-state index < -0.39 is 5.97 Å². The van der Waals surface area contributed by atoms with Gasteiger partial charge in [-0.25, -0.2) is 0 Å². The number of carbonyl (C=O) groups is 3. The average molecular weight is 306 g/mol. The highest BCUT2D eigenvalue weighted by Gasteiger charge is 2.02. The molecule has 0 atom stereocenters. The maximum Gasteiger partial charge on any atom is 0.303 e. The first-order valence-electron chi connectivity index (χ1n) is 7.32. The minimum atomic E-state index is -0.788. The Labute approximate surface area is 129 Å². The second-order valence-electron chi connectivity index (χ2n) is 5.04. The van der Waals surface area contributed by atoms with Crippen molar-refractivity contribution in [2.45, 2.75) is 32.6 Å². The van der Waals surface area contributed by atoms with E-state index in [-0.39, 0.29) is 24.7 Å². The van der Waals surface area contributed by atoms with Crippen LogP contribution in [0.25, 0.3) is 0 Å². The van der Waals surface area contributed by atoms with Crippen molar-refractivity contribution in [3.63, 3.8) is 0 Å². The lowest BCUT2D eigenvalue weighted by molar-refractivity contribution is -0.137. The van der Waals surface area contributed by atoms with Gasteiger partial charge >= 0.3 is 5.97 Å². The molecule has 1 amide bonds. The van der Waals surface area contributed by atoms with Gasteiger partial charge < -0.3 is 15.7 Å². The summed E-state index contributed by atoms with van der Waals surface area (Å²) in [4.78, 5) is 33.1. The van der Waals surface area contributed by atoms with Gasteiger partial charge in [-0.2, -0.15) is 0 Å². The van der Waals surface area contributed by atoms with E-state index in [4.69, 9.17) is 5.11 Å². The van der Waals surface area contributed by atoms with Crippen molar-refractivity contribution in [2.75, 3.05) is 18.4 Å². The molecule has 0 aromatic heterocycles. The number of carbonyl (C=O) groups excluding carboxylic acids is 2. The van der Waals surface area contributed by atoms with Crippen LogP contribution in [0, 0.1) is 0 Å². The topological polar surface area (TPSA) is 95.5 Å². The SMILES string of the molecule is CC(=O)c1ccc(NCC(=O)NCCCCCC(=O)O)cc1. The number of anilines is 1. The number of carboxylic acids is 1. The molecule has 0 fully saturated rings. The average Bonchev–Trinajstić information content (AvgIpc) is 2.48. The molecule has 0 unspecified atom stereocenters. The van der Waals surface area contributed by atoms with Gasteiger partial charge in [0.15, 0.2) is 5.78 Å². The van der Waals surface area contributed by atoms with Crippen LogP contribution in [-0.2, 0) is 9.59 Å². The Hall–Kier alpha value is -2.37. The molecular formula is C16H22N2O4. The highest BCUT2D eigenvalue weighted by Crippen LogP contribution is 2.09. The lowest BCUT2D eigenvalue weighted by Gasteiger charge is -2.08. The fourth-order valence-corrected chi connectivity index (χ4v) is 1.87. The summed E-state index contributed by atoms with van der Waals surface area (Å²) in [5.41, 5.74) is 1.41. The van der Waals surface area contributed by atoms with Gasteiger partial charge in [0.1, 0.15) is 0 Å². The van der Waals surface area contributed by atoms with Gasteiger partial charge in [0, 0.05) is 24.2 Å². The third-order valence-corrected chi connectivity index (χ3v) is 3.13. The molecule has 0 aliphatic carbocycles. The molecule has 1 rings (SSSR count). The zero-order valence-corrected chi connectivity index (χ0v) is 12.7. The summed E-state index contributed by atoms with van der Waals surface area (Å²) in [6, 6.07) is 6.95. The summed E-state index contributed by atoms with van der Waals surface area (Å²) in [5, 5.41) is 14.2. The number of hydrogen-bond acceptors (Lipinski definition) is 4. The molecule has 0 radical (unpaired) electrons. The van der Waals surface area contributed by atoms with Gasteiger partial charge in [0.2, 0.25) is 5.91 Å². The predicted octanol–water partition coefficient (Wildman–Crippen LogP) is 2.06. The van der Waals surface area contributed by atoms with Crippen LogP contribution in [0.2, 0.25) is 0 Å². The van der Waals surface area contributed by atoms with Crippen LogP contribution >= 0.6 is 0 Å². The van der Waals surface area contributed by atoms with Crippen molar-refractivity contribution >= 4 is 23.3 Å². The van der Waals surface area contributed by atoms with Crippen molar-refractivity contribution < 1.29 is 19.5 Å². The molecule has 0 aliphatic rings. The molecular weight excluding hydrogens is 284 g/mol. The molecule has 22 heavy (non-hydrogen) atoms. The monoisotopic (exact) mass is 306 g/mol. The van der Waals surface area contributed by atoms with Crippen LogP contribution in [0.4, 0.5) is 5.69 Å². The zero-order valence-electron chi connectivity index (χ0n) is 12.7. The Morgan fingerprint density at radius 1 is 1.05 bits per heavy atom. The fraction of sp³-hybridized carbons (Fsp3) is 0.438. The molecule has 1 aromatic carbocycles. The summed E-state index contributed by atoms with van der Waals surface area (Å²) in [5.74, 6) is -0.898. The van der Waals surface area contributed by atoms with Gasteiger partial charge in [-0.3, -0.25) is 14.4 Å². The summed E-state index contributed by atoms with van der Waals surface area (Å²) in [6.07, 6.45) is 2.36. The molecule has 6 heteroatoms. The fourth-order valence-electron chi connectivity index (χ4n) is 1.87. The standard InChI is InChI=1S/C16H22N2O4/c1-12(19)13-6-8-14(9-7-13)18-11-15(20)17-10-4-2-3-5-16(21)22/h6-9,18H,2-5,10-11H2,1H3,(H,17,20)(H,21,22). The third-order valence-electron chi connectivity index (χ3n) is 3.13. The van der Waals surface area contributed by atoms with Crippen molar-refractivity contribution in [1.82, 2.24) is 5.32 Å². The van der Waals surface area contributed by atoms with Crippen LogP contribution < -0.4 is 10.6 Å². The van der Waals surface area contributed by atoms with Gasteiger partial charge in [0.25, 0.3) is 0 Å². The summed E-state index contributed by atoms with van der Waals surface area (Å²) in [7, 11) is 0. The first-order chi connectivity index (χ1) is 10.5. The number of aliphatic carboxylic acids is 1. The Morgan fingerprint density at radius 2 is 1.73 bits per heavy atom. The Balaban J connectivity index is 2.15. The van der Waals surface area contributed by atoms with E-state index in [0.29, 0.717) is 18.5 Å². The Morgan fingerprint density at radius 3 is 2.32 bits per heavy atom. The van der Waals surface area contributed by atoms with Crippen LogP contribution in [0.5, 0.6) is 0 Å². The van der Waals surface area contributed by atoms with Crippen molar-refractivity contribution in [1.29, 1.82) is 0 Å². The first kappa shape index (κ1) is 17.7. The van der Waals surface area contributed by atoms with E-state index >= 15 is 0 Å². The third kappa shape index (κ3) is 7.42. The van der Waals surface area contributed by atoms with Crippen LogP contribution in [-0.4, -0.2) is 35.9 Å². The molecule has 0 heterocycles. The second-order valence-corrected chi connectivity index (χ2v) is 5.04. The molecule has 1 aromatic rings. The van der Waals surface area contributed by atoms with E-state index in [1.54, 1.807) is 24.3 Å². The predicted molar refractivity (Wildman–Crippen MR) is 84.0 cm³/mol. The number of rotatable bonds is 10. The zero-order chi connectivity index (χ0) is 16.4. The molecule has 0 saturated heterocycles. The van der Waals surface area contributed by atoms with Gasteiger partial charge in [0.05, 0.1) is 6.54 Å². The van der Waals surface area contributed by atoms with E-state index in [9.17, 15) is 14.4 Å². The Kier molecular flexibility index (Phi) is 7.67. The molecule has 0 spiro atoms. The lowest BCUT2D eigenvalue weighted by atomic mass is 10.1. The number of benzene rings is 1. The molecule has 0 saturated carbocycles. The smallest absolute Gasteiger partial charge is 0.303 e. The van der Waals surface area contributed by atoms with E-state index in [1.807, 2.05) is 0 Å². The number of amides is 1. The lowest BCUT2D eigenvalue weighted by Crippen LogP contribution is -2.30. The molecule has 3 N–H and O–H groups in total. The molecule has 0 bridgehead atoms. The Bertz CT molecular complexity index is 511. The first-order valence-corrected chi connectivity index (χ1v) is 7.32. The number of ketones is 1. The van der Waals surface area contributed by atoms with E-state index in [1.165, 1.54) is 6.92 Å². The minimum Gasteiger partial charge on any atom is -0.481 e. The normalized spacial score (nSPS) is 10.0. The summed E-state index contributed by atoms with van der Waals surface area (Å²) >= 11 is 0. The van der Waals surface area contributed by atoms with E-state index in [0.717, 1.165) is 18.5 Å². The maximum absolute atomic E-state index is 11.6. The summed E-state index contributed by atoms with van der Waals surface area (Å²) < 4.78 is 0. The van der Waals surface area contributed by atoms with Crippen molar-refractivity contribution in [3.8, 4) is 0 Å². The largest absolute Gasteiger partial charge is 0.481 e. The molecule has 6 nitrogen and oxygen atoms in total. The minimum absolute atomic E-state index is 0.00666. The second kappa shape index (κ2) is 9.55. The van der Waals surface area contributed by atoms with Crippen LogP contribution in [0.3, 0.4) is 0 Å². The number of Topliss-reactive ketones (excluding diaryl/α,β-unsaturated/α-hetero) is 1. The van der Waals surface area contributed by atoms with E-state index in [2.05, 4.69) is 10.6 Å². The summed E-state index contributed by atoms with van der Waals surface area (Å²) in [6.45, 7) is 2.21. The molecule has 0 aliphatic heterocycles. The quantitative estimate of drug-likeness (QED) is 0.454. The van der Waals surface area contributed by atoms with Gasteiger partial charge in [-0.05, 0) is 44.0 Å². The number of hydrogen-bond donors (Lipinski definition) is 3. The number of nitrogens with one attached hydrogen (secondary N) is 2. The molecule has 120 valence electrons. The van der Waals surface area contributed by atoms with Crippen LogP contribution in [0.15, 0.2) is 24.3 Å². The number of unbranched alkanes of at least 4 members (excludes halogenated alkanes) is 2.